The predicted molar refractivity (Wildman–Crippen MR) is 125 cm³/mol. The molecule has 2 aromatic rings. The standard InChI is InChI=1S/C26H28N2O3/c1-4-12-22-20(5-2)17-23(31-22)25(29)28-26(30-18-19-13-8-6-9-14-19)24(27-3)21-15-10-7-11-16-21/h4,6-10,12-15,17H,3,5,11,16,18H2,1-2H3,(H,28,29)/b12-4-,26-24-. The van der Waals surface area contributed by atoms with Crippen LogP contribution in [0.5, 0.6) is 0 Å². The number of allylic oxidation sites excluding steroid dienone is 5. The first-order valence-electron chi connectivity index (χ1n) is 10.5. The molecule has 0 fully saturated rings. The molecule has 0 saturated heterocycles. The van der Waals surface area contributed by atoms with Crippen molar-refractivity contribution in [2.24, 2.45) is 4.99 Å². The van der Waals surface area contributed by atoms with Gasteiger partial charge in [0.15, 0.2) is 5.76 Å². The van der Waals surface area contributed by atoms with E-state index < -0.39 is 0 Å². The molecular weight excluding hydrogens is 388 g/mol. The van der Waals surface area contributed by atoms with Gasteiger partial charge in [0.05, 0.1) is 0 Å². The van der Waals surface area contributed by atoms with E-state index in [0.717, 1.165) is 36.0 Å². The summed E-state index contributed by atoms with van der Waals surface area (Å²) in [5.74, 6) is 0.800. The molecule has 1 heterocycles. The van der Waals surface area contributed by atoms with Gasteiger partial charge in [0.2, 0.25) is 5.88 Å². The van der Waals surface area contributed by atoms with Crippen molar-refractivity contribution < 1.29 is 13.9 Å². The van der Waals surface area contributed by atoms with Crippen LogP contribution in [0.1, 0.15) is 54.1 Å². The number of amides is 1. The fraction of sp³-hybridized carbons (Fsp3) is 0.231. The molecule has 0 radical (unpaired) electrons. The molecule has 0 spiro atoms. The number of carbonyl (C=O) groups is 1. The van der Waals surface area contributed by atoms with Gasteiger partial charge in [-0.05, 0) is 61.7 Å². The monoisotopic (exact) mass is 416 g/mol. The molecule has 1 N–H and O–H groups in total. The molecule has 1 aliphatic carbocycles. The van der Waals surface area contributed by atoms with Crippen molar-refractivity contribution in [1.82, 2.24) is 5.32 Å². The van der Waals surface area contributed by atoms with Gasteiger partial charge in [0.1, 0.15) is 18.1 Å². The maximum atomic E-state index is 13.0. The van der Waals surface area contributed by atoms with Gasteiger partial charge < -0.3 is 9.15 Å². The zero-order valence-corrected chi connectivity index (χ0v) is 18.1. The third-order valence-electron chi connectivity index (χ3n) is 4.91. The van der Waals surface area contributed by atoms with E-state index in [1.165, 1.54) is 0 Å². The molecule has 3 rings (SSSR count). The first-order chi connectivity index (χ1) is 15.2. The predicted octanol–water partition coefficient (Wildman–Crippen LogP) is 5.97. The van der Waals surface area contributed by atoms with Crippen molar-refractivity contribution in [3.05, 3.63) is 101 Å². The Kier molecular flexibility index (Phi) is 7.82. The highest BCUT2D eigenvalue weighted by Crippen LogP contribution is 2.25. The number of hydrogen-bond acceptors (Lipinski definition) is 4. The van der Waals surface area contributed by atoms with Gasteiger partial charge in [0, 0.05) is 0 Å². The molecule has 5 heteroatoms. The molecule has 0 aliphatic heterocycles. The fourth-order valence-corrected chi connectivity index (χ4v) is 3.30. The second-order valence-corrected chi connectivity index (χ2v) is 7.08. The van der Waals surface area contributed by atoms with E-state index >= 15 is 0 Å². The van der Waals surface area contributed by atoms with Crippen LogP contribution in [0, 0.1) is 0 Å². The highest BCUT2D eigenvalue weighted by molar-refractivity contribution is 5.93. The smallest absolute Gasteiger partial charge is 0.293 e. The maximum absolute atomic E-state index is 13.0. The fourth-order valence-electron chi connectivity index (χ4n) is 3.30. The Morgan fingerprint density at radius 3 is 2.77 bits per heavy atom. The molecule has 1 aromatic carbocycles. The average molecular weight is 417 g/mol. The van der Waals surface area contributed by atoms with Gasteiger partial charge in [-0.25, -0.2) is 0 Å². The van der Waals surface area contributed by atoms with Crippen LogP contribution >= 0.6 is 0 Å². The number of benzene rings is 1. The lowest BCUT2D eigenvalue weighted by Crippen LogP contribution is -2.25. The van der Waals surface area contributed by atoms with E-state index in [0.29, 0.717) is 18.1 Å². The molecule has 0 bridgehead atoms. The molecule has 0 atom stereocenters. The number of carbonyl (C=O) groups excluding carboxylic acids is 1. The van der Waals surface area contributed by atoms with Crippen molar-refractivity contribution in [2.75, 3.05) is 0 Å². The summed E-state index contributed by atoms with van der Waals surface area (Å²) >= 11 is 0. The van der Waals surface area contributed by atoms with Crippen molar-refractivity contribution >= 4 is 18.7 Å². The Morgan fingerprint density at radius 1 is 1.32 bits per heavy atom. The third kappa shape index (κ3) is 5.72. The normalized spacial score (nSPS) is 14.2. The number of nitrogens with zero attached hydrogens (tertiary/aromatic N) is 1. The van der Waals surface area contributed by atoms with Gasteiger partial charge in [0.25, 0.3) is 5.91 Å². The van der Waals surface area contributed by atoms with E-state index in [-0.39, 0.29) is 17.6 Å². The second-order valence-electron chi connectivity index (χ2n) is 7.08. The van der Waals surface area contributed by atoms with Crippen molar-refractivity contribution in [1.29, 1.82) is 0 Å². The first kappa shape index (κ1) is 22.1. The molecule has 1 aliphatic rings. The molecule has 0 saturated carbocycles. The number of furan rings is 1. The number of nitrogens with one attached hydrogen (secondary N) is 1. The summed E-state index contributed by atoms with van der Waals surface area (Å²) in [6, 6.07) is 11.5. The third-order valence-corrected chi connectivity index (χ3v) is 4.91. The van der Waals surface area contributed by atoms with Gasteiger partial charge in [-0.1, -0.05) is 61.6 Å². The number of aryl methyl sites for hydroxylation is 1. The van der Waals surface area contributed by atoms with Crippen LogP contribution in [0.4, 0.5) is 0 Å². The van der Waals surface area contributed by atoms with Crippen LogP contribution in [-0.4, -0.2) is 12.6 Å². The minimum atomic E-state index is -0.387. The Balaban J connectivity index is 1.91. The molecular formula is C26H28N2O3. The zero-order valence-electron chi connectivity index (χ0n) is 18.1. The summed E-state index contributed by atoms with van der Waals surface area (Å²) in [4.78, 5) is 17.2. The summed E-state index contributed by atoms with van der Waals surface area (Å²) < 4.78 is 11.8. The lowest BCUT2D eigenvalue weighted by Gasteiger charge is -2.17. The van der Waals surface area contributed by atoms with Gasteiger partial charge >= 0.3 is 0 Å². The van der Waals surface area contributed by atoms with Crippen LogP contribution in [0.3, 0.4) is 0 Å². The topological polar surface area (TPSA) is 63.8 Å². The summed E-state index contributed by atoms with van der Waals surface area (Å²) in [5.41, 5.74) is 3.45. The summed E-state index contributed by atoms with van der Waals surface area (Å²) in [5, 5.41) is 2.86. The quantitative estimate of drug-likeness (QED) is 0.405. The summed E-state index contributed by atoms with van der Waals surface area (Å²) in [6.07, 6.45) is 12.2. The molecule has 31 heavy (non-hydrogen) atoms. The minimum Gasteiger partial charge on any atom is -0.473 e. The highest BCUT2D eigenvalue weighted by atomic mass is 16.5. The number of hydrogen-bond donors (Lipinski definition) is 1. The first-order valence-corrected chi connectivity index (χ1v) is 10.5. The Morgan fingerprint density at radius 2 is 2.13 bits per heavy atom. The lowest BCUT2D eigenvalue weighted by atomic mass is 10.0. The van der Waals surface area contributed by atoms with Crippen molar-refractivity contribution in [3.8, 4) is 0 Å². The lowest BCUT2D eigenvalue weighted by molar-refractivity contribution is 0.0879. The van der Waals surface area contributed by atoms with E-state index in [2.05, 4.69) is 23.1 Å². The molecule has 1 amide bonds. The summed E-state index contributed by atoms with van der Waals surface area (Å²) in [7, 11) is 0. The van der Waals surface area contributed by atoms with Crippen LogP contribution in [0.25, 0.3) is 6.08 Å². The van der Waals surface area contributed by atoms with Gasteiger partial charge in [-0.2, -0.15) is 0 Å². The molecule has 1 aromatic heterocycles. The van der Waals surface area contributed by atoms with E-state index in [1.54, 1.807) is 6.07 Å². The van der Waals surface area contributed by atoms with E-state index in [9.17, 15) is 4.79 Å². The Labute approximate surface area is 183 Å². The number of aliphatic imine (C=N–C) groups is 1. The van der Waals surface area contributed by atoms with Crippen LogP contribution in [0.15, 0.2) is 87.3 Å². The van der Waals surface area contributed by atoms with Crippen molar-refractivity contribution in [2.45, 2.75) is 39.7 Å². The van der Waals surface area contributed by atoms with E-state index in [4.69, 9.17) is 9.15 Å². The van der Waals surface area contributed by atoms with Crippen LogP contribution in [0.2, 0.25) is 0 Å². The minimum absolute atomic E-state index is 0.228. The SMILES string of the molecule is C=N/C(C1=CC=CCC1)=C(/NC(=O)c1cc(CC)c(/C=C\C)o1)OCc1ccccc1. The second kappa shape index (κ2) is 11.0. The van der Waals surface area contributed by atoms with Gasteiger partial charge in [-0.15, -0.1) is 0 Å². The molecule has 160 valence electrons. The van der Waals surface area contributed by atoms with Crippen LogP contribution < -0.4 is 5.32 Å². The summed E-state index contributed by atoms with van der Waals surface area (Å²) in [6.45, 7) is 7.94. The highest BCUT2D eigenvalue weighted by Gasteiger charge is 2.20. The average Bonchev–Trinajstić information content (AvgIpc) is 3.22. The number of rotatable bonds is 9. The van der Waals surface area contributed by atoms with Gasteiger partial charge in [-0.3, -0.25) is 15.1 Å². The van der Waals surface area contributed by atoms with Crippen molar-refractivity contribution in [3.63, 3.8) is 0 Å². The molecule has 0 unspecified atom stereocenters. The Bertz CT molecular complexity index is 1040. The zero-order chi connectivity index (χ0) is 22.1. The van der Waals surface area contributed by atoms with E-state index in [1.807, 2.05) is 68.5 Å². The Hall–Kier alpha value is -3.60. The largest absolute Gasteiger partial charge is 0.473 e. The van der Waals surface area contributed by atoms with Crippen LogP contribution in [-0.2, 0) is 17.8 Å². The maximum Gasteiger partial charge on any atom is 0.293 e. The molecule has 5 nitrogen and oxygen atoms in total. The number of ether oxygens (including phenoxy) is 1.